The number of rotatable bonds is 4. The highest BCUT2D eigenvalue weighted by atomic mass is 19.4. The van der Waals surface area contributed by atoms with E-state index >= 15 is 4.39 Å². The van der Waals surface area contributed by atoms with Crippen LogP contribution in [0, 0.1) is 11.2 Å². The van der Waals surface area contributed by atoms with Gasteiger partial charge in [-0.3, -0.25) is 24.8 Å². The molecule has 4 heterocycles. The van der Waals surface area contributed by atoms with Crippen LogP contribution >= 0.6 is 0 Å². The summed E-state index contributed by atoms with van der Waals surface area (Å²) >= 11 is 0. The molecule has 40 heavy (non-hydrogen) atoms. The number of nitrogens with zero attached hydrogens (tertiary/aromatic N) is 3. The molecule has 0 spiro atoms. The fraction of sp³-hybridized carbons (Fsp3) is 0.429. The van der Waals surface area contributed by atoms with Crippen LogP contribution in [-0.4, -0.2) is 44.9 Å². The van der Waals surface area contributed by atoms with E-state index in [1.807, 2.05) is 4.90 Å². The molecular weight excluding hydrogens is 530 g/mol. The summed E-state index contributed by atoms with van der Waals surface area (Å²) in [5.74, 6) is -2.29. The van der Waals surface area contributed by atoms with Crippen LogP contribution in [0.25, 0.3) is 10.9 Å². The Morgan fingerprint density at radius 3 is 2.60 bits per heavy atom. The van der Waals surface area contributed by atoms with Crippen molar-refractivity contribution in [2.75, 3.05) is 18.8 Å². The Hall–Kier alpha value is -3.64. The molecule has 2 fully saturated rings. The van der Waals surface area contributed by atoms with Gasteiger partial charge in [-0.1, -0.05) is 26.0 Å². The highest BCUT2D eigenvalue weighted by Gasteiger charge is 2.50. The largest absolute Gasteiger partial charge is 0.433 e. The van der Waals surface area contributed by atoms with Crippen LogP contribution in [0.15, 0.2) is 36.5 Å². The third-order valence-electron chi connectivity index (χ3n) is 8.13. The number of carbonyl (C=O) groups excluding carboxylic acids is 2. The summed E-state index contributed by atoms with van der Waals surface area (Å²) in [6, 6.07) is 6.88. The van der Waals surface area contributed by atoms with Gasteiger partial charge in [0.15, 0.2) is 0 Å². The monoisotopic (exact) mass is 559 g/mol. The fourth-order valence-corrected chi connectivity index (χ4v) is 5.80. The number of anilines is 1. The van der Waals surface area contributed by atoms with Gasteiger partial charge in [-0.05, 0) is 36.6 Å². The van der Waals surface area contributed by atoms with E-state index in [4.69, 9.17) is 5.73 Å². The van der Waals surface area contributed by atoms with Gasteiger partial charge in [-0.15, -0.1) is 0 Å². The molecule has 2 aliphatic rings. The minimum absolute atomic E-state index is 0.0996. The molecule has 0 saturated carbocycles. The third kappa shape index (κ3) is 4.90. The molecule has 8 nitrogen and oxygen atoms in total. The first kappa shape index (κ1) is 27.9. The van der Waals surface area contributed by atoms with E-state index in [2.05, 4.69) is 15.3 Å². The topological polar surface area (TPSA) is 121 Å². The molecule has 2 aromatic heterocycles. The van der Waals surface area contributed by atoms with Crippen molar-refractivity contribution in [1.29, 1.82) is 0 Å². The second kappa shape index (κ2) is 9.77. The maximum Gasteiger partial charge on any atom is 0.433 e. The number of carbonyl (C=O) groups is 2. The lowest BCUT2D eigenvalue weighted by atomic mass is 9.66. The highest BCUT2D eigenvalue weighted by Crippen LogP contribution is 2.48. The van der Waals surface area contributed by atoms with Gasteiger partial charge in [0.2, 0.25) is 11.8 Å². The summed E-state index contributed by atoms with van der Waals surface area (Å²) in [5, 5.41) is 14.4. The SMILES string of the molecule is CC1(C)CN(Cc2ccc(C(F)(F)F)nc2N)CCC1(O)c1ccc2ncc(C3CCC(=O)NC3=O)cc2c1F. The second-order valence-corrected chi connectivity index (χ2v) is 11.2. The number of imide groups is 1. The molecular formula is C28H29F4N5O3. The van der Waals surface area contributed by atoms with E-state index in [0.717, 1.165) is 6.07 Å². The Kier molecular flexibility index (Phi) is 6.82. The zero-order valence-corrected chi connectivity index (χ0v) is 22.0. The number of aromatic nitrogens is 2. The maximum atomic E-state index is 16.1. The molecule has 1 aromatic carbocycles. The van der Waals surface area contributed by atoms with Crippen LogP contribution in [0.3, 0.4) is 0 Å². The Labute approximate surface area is 227 Å². The van der Waals surface area contributed by atoms with Crippen molar-refractivity contribution in [3.63, 3.8) is 0 Å². The van der Waals surface area contributed by atoms with Gasteiger partial charge in [0, 0.05) is 54.2 Å². The summed E-state index contributed by atoms with van der Waals surface area (Å²) in [5.41, 5.74) is 3.68. The number of hydrogen-bond donors (Lipinski definition) is 3. The molecule has 212 valence electrons. The van der Waals surface area contributed by atoms with Crippen molar-refractivity contribution in [3.05, 3.63) is 64.7 Å². The predicted molar refractivity (Wildman–Crippen MR) is 138 cm³/mol. The summed E-state index contributed by atoms with van der Waals surface area (Å²) in [4.78, 5) is 33.6. The Morgan fingerprint density at radius 1 is 1.20 bits per heavy atom. The lowest BCUT2D eigenvalue weighted by Crippen LogP contribution is -2.55. The number of hydrogen-bond acceptors (Lipinski definition) is 7. The second-order valence-electron chi connectivity index (χ2n) is 11.2. The van der Waals surface area contributed by atoms with Crippen molar-refractivity contribution < 1.29 is 32.3 Å². The molecule has 12 heteroatoms. The molecule has 0 bridgehead atoms. The Morgan fingerprint density at radius 2 is 1.95 bits per heavy atom. The standard InChI is InChI=1S/C28H29F4N5O3/c1-26(2)14-37(13-15-3-7-21(28(30,31)32)35-24(15)33)10-9-27(26,40)19-5-6-20-18(23(19)29)11-16(12-34-20)17-4-8-22(38)36-25(17)39/h3,5-7,11-12,17,40H,4,8-10,13-14H2,1-2H3,(H2,33,35)(H,36,38,39). The molecule has 2 saturated heterocycles. The molecule has 3 aromatic rings. The van der Waals surface area contributed by atoms with Crippen LogP contribution in [0.1, 0.15) is 61.4 Å². The van der Waals surface area contributed by atoms with Crippen LogP contribution in [0.2, 0.25) is 0 Å². The van der Waals surface area contributed by atoms with Gasteiger partial charge in [-0.2, -0.15) is 13.2 Å². The molecule has 4 N–H and O–H groups in total. The third-order valence-corrected chi connectivity index (χ3v) is 8.13. The first-order chi connectivity index (χ1) is 18.7. The number of likely N-dealkylation sites (tertiary alicyclic amines) is 1. The Balaban J connectivity index is 1.41. The van der Waals surface area contributed by atoms with E-state index in [1.54, 1.807) is 26.0 Å². The van der Waals surface area contributed by atoms with Crippen molar-refractivity contribution in [1.82, 2.24) is 20.2 Å². The lowest BCUT2D eigenvalue weighted by molar-refractivity contribution is -0.141. The predicted octanol–water partition coefficient (Wildman–Crippen LogP) is 4.01. The van der Waals surface area contributed by atoms with Gasteiger partial charge in [0.1, 0.15) is 17.3 Å². The van der Waals surface area contributed by atoms with Crippen LogP contribution in [0.5, 0.6) is 0 Å². The number of pyridine rings is 2. The number of nitrogens with one attached hydrogen (secondary N) is 1. The van der Waals surface area contributed by atoms with Crippen LogP contribution in [-0.2, 0) is 27.9 Å². The average molecular weight is 560 g/mol. The normalized spacial score (nSPS) is 23.8. The van der Waals surface area contributed by atoms with E-state index in [-0.39, 0.29) is 42.1 Å². The van der Waals surface area contributed by atoms with Gasteiger partial charge >= 0.3 is 6.18 Å². The Bertz CT molecular complexity index is 1510. The van der Waals surface area contributed by atoms with Crippen LogP contribution < -0.4 is 11.1 Å². The number of nitrogens with two attached hydrogens (primary N) is 1. The van der Waals surface area contributed by atoms with E-state index in [9.17, 15) is 27.9 Å². The molecule has 5 rings (SSSR count). The highest BCUT2D eigenvalue weighted by molar-refractivity contribution is 6.01. The summed E-state index contributed by atoms with van der Waals surface area (Å²) in [6.07, 6.45) is -2.48. The number of piperidine rings is 2. The zero-order valence-electron chi connectivity index (χ0n) is 22.0. The van der Waals surface area contributed by atoms with Gasteiger partial charge in [0.25, 0.3) is 0 Å². The quantitative estimate of drug-likeness (QED) is 0.326. The summed E-state index contributed by atoms with van der Waals surface area (Å²) in [7, 11) is 0. The average Bonchev–Trinajstić information content (AvgIpc) is 2.87. The molecule has 2 amide bonds. The van der Waals surface area contributed by atoms with Gasteiger partial charge < -0.3 is 10.8 Å². The number of benzene rings is 1. The van der Waals surface area contributed by atoms with E-state index in [0.29, 0.717) is 36.2 Å². The number of nitrogen functional groups attached to an aromatic ring is 1. The number of alkyl halides is 3. The van der Waals surface area contributed by atoms with Crippen LogP contribution in [0.4, 0.5) is 23.4 Å². The fourth-order valence-electron chi connectivity index (χ4n) is 5.80. The number of halogens is 4. The van der Waals surface area contributed by atoms with Crippen molar-refractivity contribution in [2.45, 2.75) is 57.3 Å². The zero-order chi connectivity index (χ0) is 29.0. The van der Waals surface area contributed by atoms with Crippen molar-refractivity contribution >= 4 is 28.5 Å². The number of amides is 2. The summed E-state index contributed by atoms with van der Waals surface area (Å²) < 4.78 is 55.0. The maximum absolute atomic E-state index is 16.1. The minimum Gasteiger partial charge on any atom is -0.384 e. The van der Waals surface area contributed by atoms with Crippen molar-refractivity contribution in [3.8, 4) is 0 Å². The summed E-state index contributed by atoms with van der Waals surface area (Å²) in [6.45, 7) is 4.45. The number of fused-ring (bicyclic) bond motifs is 1. The lowest BCUT2D eigenvalue weighted by Gasteiger charge is -2.50. The first-order valence-corrected chi connectivity index (χ1v) is 12.9. The minimum atomic E-state index is -4.60. The van der Waals surface area contributed by atoms with Gasteiger partial charge in [0.05, 0.1) is 17.0 Å². The number of aliphatic hydroxyl groups is 1. The van der Waals surface area contributed by atoms with Gasteiger partial charge in [-0.25, -0.2) is 9.37 Å². The molecule has 0 aliphatic carbocycles. The molecule has 0 radical (unpaired) electrons. The van der Waals surface area contributed by atoms with E-state index < -0.39 is 40.5 Å². The smallest absolute Gasteiger partial charge is 0.384 e. The molecule has 2 unspecified atom stereocenters. The molecule has 2 aliphatic heterocycles. The molecule has 2 atom stereocenters. The first-order valence-electron chi connectivity index (χ1n) is 12.9. The van der Waals surface area contributed by atoms with Crippen molar-refractivity contribution in [2.24, 2.45) is 5.41 Å². The van der Waals surface area contributed by atoms with E-state index in [1.165, 1.54) is 18.3 Å².